The molecule has 3 aliphatic rings. The predicted octanol–water partition coefficient (Wildman–Crippen LogP) is 7.41. The second-order valence-electron chi connectivity index (χ2n) is 25.1. The number of carbonyl (C=O) groups is 6. The van der Waals surface area contributed by atoms with E-state index in [0.29, 0.717) is 76.6 Å². The smallest absolute Gasteiger partial charge is 0.335 e. The molecule has 3 heterocycles. The third-order valence-electron chi connectivity index (χ3n) is 17.0. The molecule has 4 amide bonds. The zero-order valence-electron chi connectivity index (χ0n) is 53.5. The summed E-state index contributed by atoms with van der Waals surface area (Å²) in [4.78, 5) is 79.3. The van der Waals surface area contributed by atoms with Crippen LogP contribution in [0.25, 0.3) is 33.4 Å². The maximum atomic E-state index is 12.7. The average molecular weight is 1240 g/mol. The number of carboxylic acids is 1. The fraction of sp³-hybridized carbons (Fsp3) is 0.328. The molecule has 25 nitrogen and oxygen atoms in total. The number of hydrogen-bond acceptors (Lipinski definition) is 17. The van der Waals surface area contributed by atoms with Crippen LogP contribution >= 0.6 is 0 Å². The summed E-state index contributed by atoms with van der Waals surface area (Å²) in [7, 11) is 13.8. The normalized spacial score (nSPS) is 15.0. The number of amides is 4. The Balaban J connectivity index is 0.000000152. The number of nitrogens with zero attached hydrogens (tertiary/aromatic N) is 13. The zero-order chi connectivity index (χ0) is 66.3. The van der Waals surface area contributed by atoms with Crippen LogP contribution in [0.4, 0.5) is 0 Å². The zero-order valence-corrected chi connectivity index (χ0v) is 53.5. The number of hydrogen-bond donors (Lipinski definition) is 5. The highest BCUT2D eigenvalue weighted by Crippen LogP contribution is 2.58. The Kier molecular flexibility index (Phi) is 17.7. The maximum absolute atomic E-state index is 12.7. The monoisotopic (exact) mass is 1240 g/mol. The fourth-order valence-corrected chi connectivity index (χ4v) is 13.5. The van der Waals surface area contributed by atoms with Gasteiger partial charge in [-0.2, -0.15) is 15.6 Å². The van der Waals surface area contributed by atoms with Crippen LogP contribution < -0.4 is 10.5 Å². The van der Waals surface area contributed by atoms with E-state index in [2.05, 4.69) is 89.6 Å². The standard InChI is InChI=1S/C24H28N6O2.C23H27N7O2.C20H18N4O4/c1-14(2)13-24(23-25-27-28-26-23)19-9-7-15(21(31)29(3)4)11-17(19)18-12-16(8-10-20(18)24)22(32)30(5)6;1-13(24)12-23(22-25-27-28-26-22)18-8-6-14(20(31)29(2)3)10-16(18)17-11-15(7-9-19(17)23)21(32)30(4)5;1-11(2)9-20(19-21-23-24-22-19)16-5-3-12(18(26)27)7-14(16)15-8-13(28-10-25)4-6-17(15)20/h7-12,14H,13H2,1-6H3,(H,25,26,27,28);6-11,13H,12,24H2,1-5H3,(H,25,26,27,28);3-8,10-11H,9H2,1-2H3,(H,26,27)(H,21,22,23,24)/t;13-;/m.0./s1. The van der Waals surface area contributed by atoms with E-state index < -0.39 is 22.2 Å². The quantitative estimate of drug-likeness (QED) is 0.0588. The number of nitrogens with one attached hydrogen (secondary N) is 3. The minimum absolute atomic E-state index is 0.0733. The Hall–Kier alpha value is -10.7. The predicted molar refractivity (Wildman–Crippen MR) is 341 cm³/mol. The van der Waals surface area contributed by atoms with E-state index in [1.54, 1.807) is 90.4 Å². The fourth-order valence-electron chi connectivity index (χ4n) is 13.5. The molecule has 474 valence electrons. The Morgan fingerprint density at radius 2 is 0.717 bits per heavy atom. The van der Waals surface area contributed by atoms with Gasteiger partial charge in [-0.15, -0.1) is 30.6 Å². The van der Waals surface area contributed by atoms with Crippen molar-refractivity contribution < 1.29 is 38.6 Å². The molecule has 9 aromatic rings. The number of fused-ring (bicyclic) bond motifs is 9. The molecule has 0 saturated carbocycles. The summed E-state index contributed by atoms with van der Waals surface area (Å²) in [6.07, 6.45) is 2.00. The molecule has 0 radical (unpaired) electrons. The molecule has 0 bridgehead atoms. The molecule has 6 aromatic carbocycles. The largest absolute Gasteiger partial charge is 0.478 e. The van der Waals surface area contributed by atoms with Crippen molar-refractivity contribution in [1.29, 1.82) is 0 Å². The Morgan fingerprint density at radius 3 is 0.967 bits per heavy atom. The lowest BCUT2D eigenvalue weighted by atomic mass is 9.71. The number of rotatable bonds is 16. The van der Waals surface area contributed by atoms with Gasteiger partial charge < -0.3 is 35.2 Å². The molecular formula is C67H73N17O8. The Labute approximate surface area is 531 Å². The summed E-state index contributed by atoms with van der Waals surface area (Å²) in [6.45, 7) is 10.8. The van der Waals surface area contributed by atoms with Crippen molar-refractivity contribution in [3.63, 3.8) is 0 Å². The Bertz CT molecular complexity index is 3970. The van der Waals surface area contributed by atoms with Crippen LogP contribution in [-0.4, -0.2) is 185 Å². The highest BCUT2D eigenvalue weighted by Gasteiger charge is 2.51. The van der Waals surface area contributed by atoms with Gasteiger partial charge in [0.05, 0.1) is 21.8 Å². The number of nitrogens with two attached hydrogens (primary N) is 1. The molecule has 25 heteroatoms. The van der Waals surface area contributed by atoms with Gasteiger partial charge in [-0.25, -0.2) is 4.79 Å². The molecule has 0 aliphatic heterocycles. The van der Waals surface area contributed by atoms with Crippen molar-refractivity contribution in [2.45, 2.75) is 76.2 Å². The van der Waals surface area contributed by atoms with Crippen LogP contribution in [0.15, 0.2) is 109 Å². The molecule has 0 saturated heterocycles. The lowest BCUT2D eigenvalue weighted by molar-refractivity contribution is -0.120. The number of aromatic nitrogens is 12. The van der Waals surface area contributed by atoms with Gasteiger partial charge in [0.25, 0.3) is 30.1 Å². The van der Waals surface area contributed by atoms with Crippen LogP contribution in [0.2, 0.25) is 0 Å². The lowest BCUT2D eigenvalue weighted by Gasteiger charge is -2.30. The van der Waals surface area contributed by atoms with Crippen molar-refractivity contribution in [2.75, 3.05) is 56.4 Å². The molecule has 3 aliphatic carbocycles. The van der Waals surface area contributed by atoms with E-state index in [1.807, 2.05) is 91.9 Å². The van der Waals surface area contributed by atoms with Gasteiger partial charge in [0, 0.05) is 84.7 Å². The first-order valence-corrected chi connectivity index (χ1v) is 29.9. The summed E-state index contributed by atoms with van der Waals surface area (Å²) < 4.78 is 5.02. The SMILES string of the molecule is CC(C)CC1(c2nn[nH]n2)c2ccc(C(=O)N(C)C)cc2-c2cc(C(=O)N(C)C)ccc21.CC(C)CC1(c2nn[nH]n2)c2ccc(OC=O)cc2-c2cc(C(=O)O)ccc21.C[C@H](N)CC1(c2nn[nH]n2)c2ccc(C(=O)N(C)C)cc2-c2cc(C(=O)N(C)C)ccc21. The van der Waals surface area contributed by atoms with Gasteiger partial charge in [-0.3, -0.25) is 24.0 Å². The van der Waals surface area contributed by atoms with Crippen molar-refractivity contribution in [3.8, 4) is 39.1 Å². The van der Waals surface area contributed by atoms with Crippen molar-refractivity contribution in [2.24, 2.45) is 17.6 Å². The molecule has 3 aromatic heterocycles. The van der Waals surface area contributed by atoms with Crippen molar-refractivity contribution >= 4 is 36.1 Å². The number of H-pyrrole nitrogens is 3. The summed E-state index contributed by atoms with van der Waals surface area (Å²) in [6, 6.07) is 33.0. The van der Waals surface area contributed by atoms with Crippen molar-refractivity contribution in [1.82, 2.24) is 81.5 Å². The van der Waals surface area contributed by atoms with E-state index >= 15 is 0 Å². The number of ether oxygens (including phenoxy) is 1. The summed E-state index contributed by atoms with van der Waals surface area (Å²) in [5.74, 6) is 1.27. The summed E-state index contributed by atoms with van der Waals surface area (Å²) in [5, 5.41) is 54.6. The summed E-state index contributed by atoms with van der Waals surface area (Å²) in [5.41, 5.74) is 17.7. The van der Waals surface area contributed by atoms with Gasteiger partial charge in [0.2, 0.25) is 0 Å². The molecule has 6 N–H and O–H groups in total. The highest BCUT2D eigenvalue weighted by molar-refractivity contribution is 6.01. The first-order chi connectivity index (χ1) is 43.8. The Morgan fingerprint density at radius 1 is 0.446 bits per heavy atom. The van der Waals surface area contributed by atoms with Gasteiger partial charge in [-0.1, -0.05) is 79.7 Å². The number of tetrazole rings is 3. The first-order valence-electron chi connectivity index (χ1n) is 29.9. The minimum atomic E-state index is -1.01. The molecule has 0 spiro atoms. The first kappa shape index (κ1) is 64.3. The lowest BCUT2D eigenvalue weighted by Crippen LogP contribution is -2.35. The third-order valence-corrected chi connectivity index (χ3v) is 17.0. The minimum Gasteiger partial charge on any atom is -0.478 e. The van der Waals surface area contributed by atoms with Gasteiger partial charge in [-0.05, 0) is 178 Å². The molecule has 0 fully saturated rings. The molecule has 92 heavy (non-hydrogen) atoms. The average Bonchev–Trinajstić information content (AvgIpc) is 1.57. The van der Waals surface area contributed by atoms with Crippen LogP contribution in [0.5, 0.6) is 5.75 Å². The van der Waals surface area contributed by atoms with E-state index in [0.717, 1.165) is 73.2 Å². The van der Waals surface area contributed by atoms with E-state index in [9.17, 15) is 33.9 Å². The van der Waals surface area contributed by atoms with E-state index in [4.69, 9.17) is 10.5 Å². The van der Waals surface area contributed by atoms with Crippen LogP contribution in [-0.2, 0) is 21.0 Å². The molecule has 12 rings (SSSR count). The van der Waals surface area contributed by atoms with Crippen LogP contribution in [0, 0.1) is 11.8 Å². The second-order valence-corrected chi connectivity index (χ2v) is 25.1. The number of aromatic amines is 3. The van der Waals surface area contributed by atoms with Gasteiger partial charge >= 0.3 is 5.97 Å². The van der Waals surface area contributed by atoms with Crippen LogP contribution in [0.3, 0.4) is 0 Å². The van der Waals surface area contributed by atoms with Gasteiger partial charge in [0.15, 0.2) is 17.5 Å². The van der Waals surface area contributed by atoms with Crippen molar-refractivity contribution in [3.05, 3.63) is 188 Å². The van der Waals surface area contributed by atoms with Gasteiger partial charge in [0.1, 0.15) is 5.75 Å². The number of carbonyl (C=O) groups excluding carboxylic acids is 5. The number of benzene rings is 6. The third kappa shape index (κ3) is 11.2. The molecule has 2 atom stereocenters. The van der Waals surface area contributed by atoms with Crippen LogP contribution in [0.1, 0.15) is 157 Å². The number of carboxylic acid groups (broad SMARTS) is 1. The molecular weight excluding hydrogens is 1170 g/mol. The van der Waals surface area contributed by atoms with E-state index in [-0.39, 0.29) is 35.2 Å². The second kappa shape index (κ2) is 25.3. The number of aromatic carboxylic acids is 1. The summed E-state index contributed by atoms with van der Waals surface area (Å²) >= 11 is 0. The van der Waals surface area contributed by atoms with E-state index in [1.165, 1.54) is 9.80 Å². The highest BCUT2D eigenvalue weighted by atomic mass is 16.5. The molecule has 1 unspecified atom stereocenters. The maximum Gasteiger partial charge on any atom is 0.335 e. The topological polar surface area (TPSA) is 334 Å².